The van der Waals surface area contributed by atoms with Crippen LogP contribution in [0.15, 0.2) is 96.6 Å². The number of hydrogen-bond donors (Lipinski definition) is 0. The Balaban J connectivity index is 2.02. The van der Waals surface area contributed by atoms with Gasteiger partial charge >= 0.3 is 5.97 Å². The third kappa shape index (κ3) is 5.36. The van der Waals surface area contributed by atoms with Gasteiger partial charge in [-0.1, -0.05) is 60.7 Å². The molecule has 3 aromatic carbocycles. The first-order valence-corrected chi connectivity index (χ1v) is 11.9. The largest absolute Gasteiger partial charge is 0.462 e. The molecule has 184 valence electrons. The highest BCUT2D eigenvalue weighted by molar-refractivity contribution is 6.02. The van der Waals surface area contributed by atoms with Crippen molar-refractivity contribution in [2.75, 3.05) is 20.7 Å². The predicted octanol–water partition coefficient (Wildman–Crippen LogP) is 5.98. The van der Waals surface area contributed by atoms with E-state index < -0.39 is 0 Å². The van der Waals surface area contributed by atoms with Gasteiger partial charge in [-0.2, -0.15) is 5.26 Å². The van der Waals surface area contributed by atoms with E-state index in [0.717, 1.165) is 33.8 Å². The van der Waals surface area contributed by atoms with Crippen molar-refractivity contribution < 1.29 is 14.3 Å². The van der Waals surface area contributed by atoms with E-state index in [1.807, 2.05) is 78.9 Å². The van der Waals surface area contributed by atoms with Crippen LogP contribution in [0.2, 0.25) is 0 Å². The summed E-state index contributed by atoms with van der Waals surface area (Å²) in [5.74, 6) is -0.744. The van der Waals surface area contributed by atoms with Crippen LogP contribution in [0.4, 0.5) is 0 Å². The van der Waals surface area contributed by atoms with Crippen molar-refractivity contribution in [3.8, 4) is 34.3 Å². The molecule has 0 aliphatic heterocycles. The first kappa shape index (κ1) is 25.2. The van der Waals surface area contributed by atoms with Crippen LogP contribution < -0.4 is 0 Å². The summed E-state index contributed by atoms with van der Waals surface area (Å²) in [6.45, 7) is 2.08. The molecular formula is C31H27N3O3. The molecule has 0 N–H and O–H groups in total. The van der Waals surface area contributed by atoms with E-state index in [-0.39, 0.29) is 17.4 Å². The molecule has 0 saturated carbocycles. The second-order valence-corrected chi connectivity index (χ2v) is 8.54. The fourth-order valence-corrected chi connectivity index (χ4v) is 4.12. The van der Waals surface area contributed by atoms with E-state index in [4.69, 9.17) is 4.74 Å². The third-order valence-corrected chi connectivity index (χ3v) is 5.84. The third-order valence-electron chi connectivity index (χ3n) is 5.84. The molecule has 37 heavy (non-hydrogen) atoms. The number of likely N-dealkylation sites (N-methyl/N-ethyl adjacent to an activating group) is 1. The fourth-order valence-electron chi connectivity index (χ4n) is 4.12. The molecule has 0 unspecified atom stereocenters. The van der Waals surface area contributed by atoms with Crippen LogP contribution in [-0.2, 0) is 9.53 Å². The Hall–Kier alpha value is -4.89. The predicted molar refractivity (Wildman–Crippen MR) is 145 cm³/mol. The zero-order chi connectivity index (χ0) is 26.4. The summed E-state index contributed by atoms with van der Waals surface area (Å²) in [7, 11) is 3.24. The van der Waals surface area contributed by atoms with Gasteiger partial charge in [-0.15, -0.1) is 0 Å². The lowest BCUT2D eigenvalue weighted by Crippen LogP contribution is -2.22. The van der Waals surface area contributed by atoms with Gasteiger partial charge in [0.1, 0.15) is 11.6 Å². The first-order chi connectivity index (χ1) is 17.9. The number of benzene rings is 3. The molecule has 0 atom stereocenters. The zero-order valence-electron chi connectivity index (χ0n) is 21.0. The molecule has 0 radical (unpaired) electrons. The van der Waals surface area contributed by atoms with Crippen LogP contribution in [0.3, 0.4) is 0 Å². The van der Waals surface area contributed by atoms with Gasteiger partial charge in [-0.3, -0.25) is 4.79 Å². The average molecular weight is 490 g/mol. The molecular weight excluding hydrogens is 462 g/mol. The minimum absolute atomic E-state index is 0.0385. The molecule has 4 rings (SSSR count). The average Bonchev–Trinajstić information content (AvgIpc) is 3.31. The lowest BCUT2D eigenvalue weighted by atomic mass is 10.0. The van der Waals surface area contributed by atoms with Crippen molar-refractivity contribution in [2.45, 2.75) is 6.92 Å². The number of nitriles is 1. The number of amides is 1. The van der Waals surface area contributed by atoms with Crippen LogP contribution in [0.5, 0.6) is 0 Å². The van der Waals surface area contributed by atoms with E-state index in [0.29, 0.717) is 12.2 Å². The SMILES string of the molecule is CCOC(=O)c1ccc(-n2c(-c3ccccc3)cc(/C=C(\C#N)C(=O)N(C)C)c2-c2ccccc2)cc1. The summed E-state index contributed by atoms with van der Waals surface area (Å²) in [5, 5.41) is 9.79. The molecule has 0 spiro atoms. The molecule has 0 aliphatic rings. The highest BCUT2D eigenvalue weighted by atomic mass is 16.5. The van der Waals surface area contributed by atoms with Gasteiger partial charge in [-0.25, -0.2) is 4.79 Å². The Kier molecular flexibility index (Phi) is 7.65. The standard InChI is InChI=1S/C31H27N3O3/c1-4-37-31(36)24-15-17-27(18-16-24)34-28(22-11-7-5-8-12-22)20-25(19-26(21-32)30(35)33(2)3)29(34)23-13-9-6-10-14-23/h5-20H,4H2,1-3H3/b26-19+. The van der Waals surface area contributed by atoms with Crippen molar-refractivity contribution >= 4 is 18.0 Å². The maximum absolute atomic E-state index is 12.7. The Bertz CT molecular complexity index is 1480. The van der Waals surface area contributed by atoms with E-state index in [2.05, 4.69) is 10.6 Å². The van der Waals surface area contributed by atoms with Gasteiger partial charge < -0.3 is 14.2 Å². The number of esters is 1. The number of ether oxygens (including phenoxy) is 1. The Morgan fingerprint density at radius 3 is 2.05 bits per heavy atom. The molecule has 0 fully saturated rings. The van der Waals surface area contributed by atoms with Gasteiger partial charge in [0.15, 0.2) is 0 Å². The topological polar surface area (TPSA) is 75.3 Å². The van der Waals surface area contributed by atoms with Gasteiger partial charge in [0.05, 0.1) is 23.6 Å². The summed E-state index contributed by atoms with van der Waals surface area (Å²) in [5.41, 5.74) is 5.63. The second-order valence-electron chi connectivity index (χ2n) is 8.54. The van der Waals surface area contributed by atoms with Crippen molar-refractivity contribution in [3.05, 3.63) is 108 Å². The van der Waals surface area contributed by atoms with E-state index in [1.165, 1.54) is 4.90 Å². The number of hydrogen-bond acceptors (Lipinski definition) is 4. The van der Waals surface area contributed by atoms with Gasteiger partial charge in [0.2, 0.25) is 0 Å². The quantitative estimate of drug-likeness (QED) is 0.182. The smallest absolute Gasteiger partial charge is 0.338 e. The molecule has 1 aromatic heterocycles. The monoisotopic (exact) mass is 489 g/mol. The highest BCUT2D eigenvalue weighted by Gasteiger charge is 2.21. The van der Waals surface area contributed by atoms with Crippen LogP contribution in [-0.4, -0.2) is 42.0 Å². The van der Waals surface area contributed by atoms with E-state index in [9.17, 15) is 14.9 Å². The molecule has 6 heteroatoms. The van der Waals surface area contributed by atoms with Crippen molar-refractivity contribution in [3.63, 3.8) is 0 Å². The van der Waals surface area contributed by atoms with Crippen LogP contribution in [0.25, 0.3) is 34.3 Å². The summed E-state index contributed by atoms with van der Waals surface area (Å²) in [6, 6.07) is 31.0. The number of carbonyl (C=O) groups excluding carboxylic acids is 2. The Labute approximate surface area is 216 Å². The lowest BCUT2D eigenvalue weighted by Gasteiger charge is -2.16. The number of rotatable bonds is 7. The maximum atomic E-state index is 12.7. The van der Waals surface area contributed by atoms with Crippen LogP contribution >= 0.6 is 0 Å². The molecule has 1 heterocycles. The summed E-state index contributed by atoms with van der Waals surface area (Å²) < 4.78 is 7.23. The summed E-state index contributed by atoms with van der Waals surface area (Å²) in [6.07, 6.45) is 1.64. The maximum Gasteiger partial charge on any atom is 0.338 e. The molecule has 0 bridgehead atoms. The van der Waals surface area contributed by atoms with Crippen LogP contribution in [0.1, 0.15) is 22.8 Å². The van der Waals surface area contributed by atoms with E-state index >= 15 is 0 Å². The minimum Gasteiger partial charge on any atom is -0.462 e. The molecule has 4 aromatic rings. The van der Waals surface area contributed by atoms with Gasteiger partial charge in [0, 0.05) is 25.3 Å². The highest BCUT2D eigenvalue weighted by Crippen LogP contribution is 2.37. The fraction of sp³-hybridized carbons (Fsp3) is 0.129. The second kappa shape index (κ2) is 11.2. The number of carbonyl (C=O) groups is 2. The van der Waals surface area contributed by atoms with Crippen LogP contribution in [0, 0.1) is 11.3 Å². The molecule has 6 nitrogen and oxygen atoms in total. The van der Waals surface area contributed by atoms with Crippen molar-refractivity contribution in [2.24, 2.45) is 0 Å². The Morgan fingerprint density at radius 2 is 1.51 bits per heavy atom. The van der Waals surface area contributed by atoms with Crippen molar-refractivity contribution in [1.82, 2.24) is 9.47 Å². The van der Waals surface area contributed by atoms with E-state index in [1.54, 1.807) is 39.2 Å². The molecule has 0 aliphatic carbocycles. The number of nitrogens with zero attached hydrogens (tertiary/aromatic N) is 3. The summed E-state index contributed by atoms with van der Waals surface area (Å²) >= 11 is 0. The first-order valence-electron chi connectivity index (χ1n) is 11.9. The normalized spacial score (nSPS) is 11.0. The summed E-state index contributed by atoms with van der Waals surface area (Å²) in [4.78, 5) is 26.3. The Morgan fingerprint density at radius 1 is 0.919 bits per heavy atom. The lowest BCUT2D eigenvalue weighted by molar-refractivity contribution is -0.124. The molecule has 0 saturated heterocycles. The number of aromatic nitrogens is 1. The van der Waals surface area contributed by atoms with Gasteiger partial charge in [-0.05, 0) is 54.5 Å². The van der Waals surface area contributed by atoms with Crippen molar-refractivity contribution in [1.29, 1.82) is 5.26 Å². The zero-order valence-corrected chi connectivity index (χ0v) is 21.0. The molecule has 1 amide bonds. The minimum atomic E-state index is -0.377. The van der Waals surface area contributed by atoms with Gasteiger partial charge in [0.25, 0.3) is 5.91 Å².